The minimum Gasteiger partial charge on any atom is -0.376 e. The summed E-state index contributed by atoms with van der Waals surface area (Å²) in [5.41, 5.74) is 1.02. The van der Waals surface area contributed by atoms with E-state index in [1.165, 1.54) is 11.8 Å². The molecule has 0 saturated carbocycles. The van der Waals surface area contributed by atoms with Crippen LogP contribution in [0.25, 0.3) is 11.4 Å². The first-order valence-corrected chi connectivity index (χ1v) is 8.70. The number of ether oxygens (including phenoxy) is 1. The Morgan fingerprint density at radius 1 is 1.39 bits per heavy atom. The van der Waals surface area contributed by atoms with Gasteiger partial charge in [-0.3, -0.25) is 9.36 Å². The number of rotatable bonds is 6. The molecule has 0 unspecified atom stereocenters. The van der Waals surface area contributed by atoms with E-state index < -0.39 is 0 Å². The predicted molar refractivity (Wildman–Crippen MR) is 89.2 cm³/mol. The molecule has 1 saturated heterocycles. The van der Waals surface area contributed by atoms with Crippen molar-refractivity contribution < 1.29 is 9.53 Å². The first-order valence-electron chi connectivity index (χ1n) is 7.71. The molecule has 2 aromatic rings. The van der Waals surface area contributed by atoms with Crippen molar-refractivity contribution >= 4 is 17.7 Å². The zero-order chi connectivity index (χ0) is 16.1. The highest BCUT2D eigenvalue weighted by molar-refractivity contribution is 7.99. The van der Waals surface area contributed by atoms with Crippen molar-refractivity contribution in [3.8, 4) is 11.4 Å². The molecule has 0 aliphatic carbocycles. The van der Waals surface area contributed by atoms with Crippen LogP contribution >= 0.6 is 11.8 Å². The number of nitrogens with zero attached hydrogens (tertiary/aromatic N) is 3. The summed E-state index contributed by atoms with van der Waals surface area (Å²) < 4.78 is 7.82. The zero-order valence-corrected chi connectivity index (χ0v) is 13.9. The first kappa shape index (κ1) is 16.0. The summed E-state index contributed by atoms with van der Waals surface area (Å²) in [6.45, 7) is 1.53. The number of hydrogen-bond donors (Lipinski definition) is 1. The van der Waals surface area contributed by atoms with Gasteiger partial charge in [-0.25, -0.2) is 0 Å². The molecule has 6 nitrogen and oxygen atoms in total. The van der Waals surface area contributed by atoms with Gasteiger partial charge in [0.2, 0.25) is 5.91 Å². The van der Waals surface area contributed by atoms with Crippen LogP contribution < -0.4 is 5.32 Å². The summed E-state index contributed by atoms with van der Waals surface area (Å²) in [5.74, 6) is 1.12. The second kappa shape index (κ2) is 7.61. The van der Waals surface area contributed by atoms with Gasteiger partial charge in [-0.2, -0.15) is 0 Å². The smallest absolute Gasteiger partial charge is 0.230 e. The largest absolute Gasteiger partial charge is 0.376 e. The normalized spacial score (nSPS) is 17.3. The number of carbonyl (C=O) groups is 1. The molecule has 2 heterocycles. The Labute approximate surface area is 139 Å². The van der Waals surface area contributed by atoms with Crippen LogP contribution in [0.15, 0.2) is 35.5 Å². The molecule has 1 N–H and O–H groups in total. The highest BCUT2D eigenvalue weighted by Crippen LogP contribution is 2.26. The Balaban J connectivity index is 1.86. The van der Waals surface area contributed by atoms with Gasteiger partial charge in [0.05, 0.1) is 18.4 Å². The number of hydrogen-bond acceptors (Lipinski definition) is 5. The Bertz CT molecular complexity index is 653. The molecule has 1 aromatic carbocycles. The molecule has 0 radical (unpaired) electrons. The predicted octanol–water partition coefficient (Wildman–Crippen LogP) is 1.96. The summed E-state index contributed by atoms with van der Waals surface area (Å²) in [7, 11) is 1.63. The Hall–Kier alpha value is -1.86. The molecule has 0 bridgehead atoms. The summed E-state index contributed by atoms with van der Waals surface area (Å²) in [6.07, 6.45) is 2.33. The van der Waals surface area contributed by atoms with Crippen LogP contribution in [0.4, 0.5) is 0 Å². The lowest BCUT2D eigenvalue weighted by Crippen LogP contribution is -2.21. The van der Waals surface area contributed by atoms with Gasteiger partial charge in [0.15, 0.2) is 11.0 Å². The lowest BCUT2D eigenvalue weighted by molar-refractivity contribution is -0.118. The van der Waals surface area contributed by atoms with E-state index in [0.717, 1.165) is 36.0 Å². The number of amides is 1. The molecule has 7 heteroatoms. The minimum atomic E-state index is -0.0251. The maximum atomic E-state index is 11.5. The van der Waals surface area contributed by atoms with Gasteiger partial charge >= 0.3 is 0 Å². The Kier molecular flexibility index (Phi) is 5.30. The molecule has 1 aromatic heterocycles. The fourth-order valence-electron chi connectivity index (χ4n) is 2.56. The van der Waals surface area contributed by atoms with E-state index in [9.17, 15) is 4.79 Å². The third-order valence-corrected chi connectivity index (χ3v) is 4.74. The first-order chi connectivity index (χ1) is 11.3. The van der Waals surface area contributed by atoms with Gasteiger partial charge in [0.25, 0.3) is 0 Å². The van der Waals surface area contributed by atoms with Crippen molar-refractivity contribution in [1.82, 2.24) is 20.1 Å². The fraction of sp³-hybridized carbons (Fsp3) is 0.438. The SMILES string of the molecule is CNC(=O)CSc1nnc(-c2ccccc2)n1C[C@H]1CCCO1. The highest BCUT2D eigenvalue weighted by Gasteiger charge is 2.22. The van der Waals surface area contributed by atoms with Crippen molar-refractivity contribution in [2.45, 2.75) is 30.6 Å². The molecule has 1 atom stereocenters. The van der Waals surface area contributed by atoms with E-state index >= 15 is 0 Å². The van der Waals surface area contributed by atoms with Crippen LogP contribution in [0.5, 0.6) is 0 Å². The number of aromatic nitrogens is 3. The topological polar surface area (TPSA) is 69.0 Å². The van der Waals surface area contributed by atoms with Gasteiger partial charge in [-0.1, -0.05) is 42.1 Å². The maximum absolute atomic E-state index is 11.5. The minimum absolute atomic E-state index is 0.0251. The van der Waals surface area contributed by atoms with Crippen LogP contribution in [0.2, 0.25) is 0 Å². The Morgan fingerprint density at radius 2 is 2.22 bits per heavy atom. The fourth-order valence-corrected chi connectivity index (χ4v) is 3.38. The van der Waals surface area contributed by atoms with E-state index in [2.05, 4.69) is 20.1 Å². The third-order valence-electron chi connectivity index (χ3n) is 3.77. The van der Waals surface area contributed by atoms with Gasteiger partial charge in [-0.05, 0) is 12.8 Å². The lowest BCUT2D eigenvalue weighted by Gasteiger charge is -2.14. The van der Waals surface area contributed by atoms with Gasteiger partial charge in [0.1, 0.15) is 0 Å². The lowest BCUT2D eigenvalue weighted by atomic mass is 10.2. The summed E-state index contributed by atoms with van der Waals surface area (Å²) in [4.78, 5) is 11.5. The number of benzene rings is 1. The molecule has 122 valence electrons. The molecule has 1 fully saturated rings. The van der Waals surface area contributed by atoms with Crippen LogP contribution in [0.3, 0.4) is 0 Å². The van der Waals surface area contributed by atoms with E-state index in [1.54, 1.807) is 7.05 Å². The second-order valence-electron chi connectivity index (χ2n) is 5.38. The molecule has 1 aliphatic heterocycles. The van der Waals surface area contributed by atoms with Crippen LogP contribution in [-0.2, 0) is 16.1 Å². The quantitative estimate of drug-likeness (QED) is 0.819. The number of carbonyl (C=O) groups excluding carboxylic acids is 1. The average Bonchev–Trinajstić information content (AvgIpc) is 3.24. The third kappa shape index (κ3) is 3.92. The van der Waals surface area contributed by atoms with Crippen molar-refractivity contribution in [3.05, 3.63) is 30.3 Å². The molecule has 3 rings (SSSR count). The van der Waals surface area contributed by atoms with E-state index in [1.807, 2.05) is 30.3 Å². The van der Waals surface area contributed by atoms with Crippen LogP contribution in [-0.4, -0.2) is 46.2 Å². The molecule has 0 spiro atoms. The van der Waals surface area contributed by atoms with Crippen LogP contribution in [0, 0.1) is 0 Å². The molecule has 1 amide bonds. The van der Waals surface area contributed by atoms with Gasteiger partial charge < -0.3 is 10.1 Å². The zero-order valence-electron chi connectivity index (χ0n) is 13.1. The highest BCUT2D eigenvalue weighted by atomic mass is 32.2. The summed E-state index contributed by atoms with van der Waals surface area (Å²) >= 11 is 1.40. The standard InChI is InChI=1S/C16H20N4O2S/c1-17-14(21)11-23-16-19-18-15(12-6-3-2-4-7-12)20(16)10-13-8-5-9-22-13/h2-4,6-7,13H,5,8-11H2,1H3,(H,17,21)/t13-/m1/s1. The average molecular weight is 332 g/mol. The Morgan fingerprint density at radius 3 is 2.91 bits per heavy atom. The molecular formula is C16H20N4O2S. The number of thioether (sulfide) groups is 1. The van der Waals surface area contributed by atoms with Crippen molar-refractivity contribution in [3.63, 3.8) is 0 Å². The van der Waals surface area contributed by atoms with Crippen molar-refractivity contribution in [1.29, 1.82) is 0 Å². The van der Waals surface area contributed by atoms with Crippen LogP contribution in [0.1, 0.15) is 12.8 Å². The maximum Gasteiger partial charge on any atom is 0.230 e. The molecule has 1 aliphatic rings. The van der Waals surface area contributed by atoms with Gasteiger partial charge in [-0.15, -0.1) is 10.2 Å². The van der Waals surface area contributed by atoms with E-state index in [4.69, 9.17) is 4.74 Å². The second-order valence-corrected chi connectivity index (χ2v) is 6.32. The van der Waals surface area contributed by atoms with Crippen molar-refractivity contribution in [2.24, 2.45) is 0 Å². The molecular weight excluding hydrogens is 312 g/mol. The molecule has 23 heavy (non-hydrogen) atoms. The van der Waals surface area contributed by atoms with E-state index in [0.29, 0.717) is 12.3 Å². The van der Waals surface area contributed by atoms with E-state index in [-0.39, 0.29) is 12.0 Å². The number of nitrogens with one attached hydrogen (secondary N) is 1. The van der Waals surface area contributed by atoms with Gasteiger partial charge in [0, 0.05) is 19.2 Å². The van der Waals surface area contributed by atoms with Crippen molar-refractivity contribution in [2.75, 3.05) is 19.4 Å². The summed E-state index contributed by atoms with van der Waals surface area (Å²) in [5, 5.41) is 12.0. The summed E-state index contributed by atoms with van der Waals surface area (Å²) in [6, 6.07) is 9.98. The monoisotopic (exact) mass is 332 g/mol.